The van der Waals surface area contributed by atoms with Crippen LogP contribution in [-0.4, -0.2) is 36.5 Å². The average molecular weight is 275 g/mol. The van der Waals surface area contributed by atoms with Crippen molar-refractivity contribution in [3.05, 3.63) is 35.9 Å². The highest BCUT2D eigenvalue weighted by Crippen LogP contribution is 2.27. The molecule has 0 aromatic heterocycles. The highest BCUT2D eigenvalue weighted by Gasteiger charge is 2.33. The SMILES string of the molecule is CC1(C)CN(CC(=O)NCc2ccccc2)CCC1N. The molecular weight excluding hydrogens is 250 g/mol. The number of carbonyl (C=O) groups excluding carboxylic acids is 1. The normalized spacial score (nSPS) is 22.4. The number of nitrogens with zero attached hydrogens (tertiary/aromatic N) is 1. The van der Waals surface area contributed by atoms with Crippen molar-refractivity contribution in [1.29, 1.82) is 0 Å². The molecule has 2 rings (SSSR count). The molecule has 0 bridgehead atoms. The quantitative estimate of drug-likeness (QED) is 0.872. The summed E-state index contributed by atoms with van der Waals surface area (Å²) in [5.74, 6) is 0.0834. The van der Waals surface area contributed by atoms with Crippen molar-refractivity contribution in [3.63, 3.8) is 0 Å². The van der Waals surface area contributed by atoms with Crippen LogP contribution in [0.5, 0.6) is 0 Å². The third-order valence-electron chi connectivity index (χ3n) is 4.09. The van der Waals surface area contributed by atoms with E-state index in [-0.39, 0.29) is 17.4 Å². The van der Waals surface area contributed by atoms with E-state index < -0.39 is 0 Å². The lowest BCUT2D eigenvalue weighted by Gasteiger charge is -2.42. The molecule has 1 fully saturated rings. The van der Waals surface area contributed by atoms with Gasteiger partial charge in [-0.05, 0) is 17.4 Å². The first-order valence-corrected chi connectivity index (χ1v) is 7.26. The smallest absolute Gasteiger partial charge is 0.234 e. The monoisotopic (exact) mass is 275 g/mol. The maximum absolute atomic E-state index is 12.0. The zero-order chi connectivity index (χ0) is 14.6. The highest BCUT2D eigenvalue weighted by molar-refractivity contribution is 5.78. The summed E-state index contributed by atoms with van der Waals surface area (Å²) in [6.45, 7) is 7.19. The molecule has 0 aliphatic carbocycles. The third-order valence-corrected chi connectivity index (χ3v) is 4.09. The molecule has 1 amide bonds. The molecule has 4 nitrogen and oxygen atoms in total. The lowest BCUT2D eigenvalue weighted by atomic mass is 9.80. The molecular formula is C16H25N3O. The summed E-state index contributed by atoms with van der Waals surface area (Å²) in [5.41, 5.74) is 7.32. The van der Waals surface area contributed by atoms with Gasteiger partial charge in [0.05, 0.1) is 6.54 Å². The Morgan fingerprint density at radius 3 is 2.75 bits per heavy atom. The van der Waals surface area contributed by atoms with Gasteiger partial charge in [-0.15, -0.1) is 0 Å². The van der Waals surface area contributed by atoms with Gasteiger partial charge in [0, 0.05) is 25.7 Å². The Morgan fingerprint density at radius 2 is 2.10 bits per heavy atom. The van der Waals surface area contributed by atoms with Gasteiger partial charge in [0.25, 0.3) is 0 Å². The van der Waals surface area contributed by atoms with Gasteiger partial charge in [-0.3, -0.25) is 9.69 Å². The maximum atomic E-state index is 12.0. The minimum atomic E-state index is 0.0813. The molecule has 1 saturated heterocycles. The lowest BCUT2D eigenvalue weighted by Crippen LogP contribution is -2.54. The van der Waals surface area contributed by atoms with Crippen LogP contribution in [0.2, 0.25) is 0 Å². The highest BCUT2D eigenvalue weighted by atomic mass is 16.2. The van der Waals surface area contributed by atoms with Crippen LogP contribution in [0.4, 0.5) is 0 Å². The Bertz CT molecular complexity index is 444. The summed E-state index contributed by atoms with van der Waals surface area (Å²) >= 11 is 0. The second-order valence-electron chi connectivity index (χ2n) is 6.36. The number of rotatable bonds is 4. The molecule has 20 heavy (non-hydrogen) atoms. The van der Waals surface area contributed by atoms with E-state index in [1.165, 1.54) is 0 Å². The zero-order valence-corrected chi connectivity index (χ0v) is 12.4. The first-order chi connectivity index (χ1) is 9.47. The molecule has 0 saturated carbocycles. The number of benzene rings is 1. The van der Waals surface area contributed by atoms with Gasteiger partial charge in [0.15, 0.2) is 0 Å². The maximum Gasteiger partial charge on any atom is 0.234 e. The van der Waals surface area contributed by atoms with E-state index in [0.29, 0.717) is 13.1 Å². The molecule has 1 atom stereocenters. The van der Waals surface area contributed by atoms with Crippen molar-refractivity contribution in [2.75, 3.05) is 19.6 Å². The molecule has 110 valence electrons. The van der Waals surface area contributed by atoms with E-state index in [1.807, 2.05) is 30.3 Å². The van der Waals surface area contributed by atoms with E-state index in [9.17, 15) is 4.79 Å². The molecule has 1 aliphatic rings. The molecule has 1 heterocycles. The van der Waals surface area contributed by atoms with Crippen molar-refractivity contribution in [1.82, 2.24) is 10.2 Å². The molecule has 3 N–H and O–H groups in total. The average Bonchev–Trinajstić information content (AvgIpc) is 2.41. The van der Waals surface area contributed by atoms with Crippen LogP contribution in [0.1, 0.15) is 25.8 Å². The van der Waals surface area contributed by atoms with Crippen LogP contribution in [-0.2, 0) is 11.3 Å². The number of nitrogens with two attached hydrogens (primary N) is 1. The van der Waals surface area contributed by atoms with Crippen LogP contribution in [0.15, 0.2) is 30.3 Å². The van der Waals surface area contributed by atoms with Crippen molar-refractivity contribution in [2.24, 2.45) is 11.1 Å². The number of hydrogen-bond donors (Lipinski definition) is 2. The summed E-state index contributed by atoms with van der Waals surface area (Å²) < 4.78 is 0. The molecule has 1 aromatic carbocycles. The first kappa shape index (κ1) is 15.0. The summed E-state index contributed by atoms with van der Waals surface area (Å²) in [7, 11) is 0. The largest absolute Gasteiger partial charge is 0.351 e. The predicted octanol–water partition coefficient (Wildman–Crippen LogP) is 1.36. The van der Waals surface area contributed by atoms with Crippen LogP contribution in [0, 0.1) is 5.41 Å². The Kier molecular flexibility index (Phi) is 4.78. The first-order valence-electron chi connectivity index (χ1n) is 7.26. The fourth-order valence-corrected chi connectivity index (χ4v) is 2.68. The molecule has 0 radical (unpaired) electrons. The second-order valence-corrected chi connectivity index (χ2v) is 6.36. The van der Waals surface area contributed by atoms with Crippen molar-refractivity contribution in [3.8, 4) is 0 Å². The van der Waals surface area contributed by atoms with Crippen LogP contribution >= 0.6 is 0 Å². The number of amides is 1. The lowest BCUT2D eigenvalue weighted by molar-refractivity contribution is -0.123. The van der Waals surface area contributed by atoms with Crippen molar-refractivity contribution in [2.45, 2.75) is 32.9 Å². The van der Waals surface area contributed by atoms with Gasteiger partial charge < -0.3 is 11.1 Å². The van der Waals surface area contributed by atoms with Crippen molar-refractivity contribution < 1.29 is 4.79 Å². The molecule has 0 spiro atoms. The van der Waals surface area contributed by atoms with Crippen molar-refractivity contribution >= 4 is 5.91 Å². The van der Waals surface area contributed by atoms with E-state index in [0.717, 1.165) is 25.1 Å². The molecule has 4 heteroatoms. The van der Waals surface area contributed by atoms with Crippen LogP contribution in [0.3, 0.4) is 0 Å². The zero-order valence-electron chi connectivity index (χ0n) is 12.4. The second kappa shape index (κ2) is 6.37. The fourth-order valence-electron chi connectivity index (χ4n) is 2.68. The Morgan fingerprint density at radius 1 is 1.40 bits per heavy atom. The number of piperidine rings is 1. The van der Waals surface area contributed by atoms with Gasteiger partial charge in [-0.2, -0.15) is 0 Å². The number of likely N-dealkylation sites (tertiary alicyclic amines) is 1. The number of hydrogen-bond acceptors (Lipinski definition) is 3. The summed E-state index contributed by atoms with van der Waals surface area (Å²) in [5, 5.41) is 2.97. The van der Waals surface area contributed by atoms with Crippen LogP contribution in [0.25, 0.3) is 0 Å². The van der Waals surface area contributed by atoms with Gasteiger partial charge >= 0.3 is 0 Å². The summed E-state index contributed by atoms with van der Waals surface area (Å²) in [4.78, 5) is 14.2. The molecule has 1 aliphatic heterocycles. The van der Waals surface area contributed by atoms with Gasteiger partial charge in [0.1, 0.15) is 0 Å². The topological polar surface area (TPSA) is 58.4 Å². The van der Waals surface area contributed by atoms with E-state index in [4.69, 9.17) is 5.73 Å². The Labute approximate surface area is 121 Å². The van der Waals surface area contributed by atoms with E-state index in [1.54, 1.807) is 0 Å². The molecule has 1 unspecified atom stereocenters. The van der Waals surface area contributed by atoms with Gasteiger partial charge in [-0.25, -0.2) is 0 Å². The van der Waals surface area contributed by atoms with E-state index >= 15 is 0 Å². The Hall–Kier alpha value is -1.39. The minimum absolute atomic E-state index is 0.0813. The number of nitrogens with one attached hydrogen (secondary N) is 1. The van der Waals surface area contributed by atoms with Gasteiger partial charge in [-0.1, -0.05) is 44.2 Å². The summed E-state index contributed by atoms with van der Waals surface area (Å²) in [6, 6.07) is 10.2. The molecule has 1 aromatic rings. The predicted molar refractivity (Wildman–Crippen MR) is 81.1 cm³/mol. The summed E-state index contributed by atoms with van der Waals surface area (Å²) in [6.07, 6.45) is 0.957. The number of carbonyl (C=O) groups is 1. The fraction of sp³-hybridized carbons (Fsp3) is 0.562. The van der Waals surface area contributed by atoms with Crippen LogP contribution < -0.4 is 11.1 Å². The standard InChI is InChI=1S/C16H25N3O/c1-16(2)12-19(9-8-14(16)17)11-15(20)18-10-13-6-4-3-5-7-13/h3-7,14H,8-12,17H2,1-2H3,(H,18,20). The van der Waals surface area contributed by atoms with Gasteiger partial charge in [0.2, 0.25) is 5.91 Å². The minimum Gasteiger partial charge on any atom is -0.351 e. The Balaban J connectivity index is 1.77. The third kappa shape index (κ3) is 4.05. The van der Waals surface area contributed by atoms with E-state index in [2.05, 4.69) is 24.1 Å².